The van der Waals surface area contributed by atoms with E-state index in [4.69, 9.17) is 4.74 Å². The van der Waals surface area contributed by atoms with E-state index in [1.54, 1.807) is 18.7 Å². The zero-order chi connectivity index (χ0) is 18.6. The molecule has 0 unspecified atom stereocenters. The fourth-order valence-electron chi connectivity index (χ4n) is 3.80. The maximum Gasteiger partial charge on any atom is 0.237 e. The summed E-state index contributed by atoms with van der Waals surface area (Å²) in [7, 11) is 0. The van der Waals surface area contributed by atoms with Crippen molar-refractivity contribution < 1.29 is 9.53 Å². The summed E-state index contributed by atoms with van der Waals surface area (Å²) in [5.74, 6) is 0.144. The fourth-order valence-corrected chi connectivity index (χ4v) is 3.80. The Hall–Kier alpha value is -2.99. The van der Waals surface area contributed by atoms with Gasteiger partial charge in [0.15, 0.2) is 0 Å². The molecule has 2 aliphatic rings. The number of benzene rings is 1. The highest BCUT2D eigenvalue weighted by Crippen LogP contribution is 2.44. The molecular weight excluding hydrogens is 340 g/mol. The number of imidazole rings is 1. The predicted molar refractivity (Wildman–Crippen MR) is 102 cm³/mol. The smallest absolute Gasteiger partial charge is 0.237 e. The molecule has 1 saturated heterocycles. The minimum absolute atomic E-state index is 0.128. The first kappa shape index (κ1) is 16.2. The highest BCUT2D eigenvalue weighted by Gasteiger charge is 2.48. The van der Waals surface area contributed by atoms with Gasteiger partial charge < -0.3 is 14.2 Å². The van der Waals surface area contributed by atoms with Crippen LogP contribution in [0.1, 0.15) is 19.4 Å². The van der Waals surface area contributed by atoms with Crippen LogP contribution in [0.25, 0.3) is 16.9 Å². The lowest BCUT2D eigenvalue weighted by molar-refractivity contribution is -0.124. The number of carbonyl (C=O) groups is 1. The summed E-state index contributed by atoms with van der Waals surface area (Å²) in [6, 6.07) is 10.2. The lowest BCUT2D eigenvalue weighted by atomic mass is 9.86. The van der Waals surface area contributed by atoms with Crippen LogP contribution in [0.15, 0.2) is 55.2 Å². The molecule has 0 spiro atoms. The molecule has 4 heterocycles. The van der Waals surface area contributed by atoms with Gasteiger partial charge >= 0.3 is 0 Å². The molecule has 6 heteroatoms. The van der Waals surface area contributed by atoms with Crippen molar-refractivity contribution in [2.24, 2.45) is 0 Å². The van der Waals surface area contributed by atoms with Gasteiger partial charge in [0.05, 0.1) is 42.4 Å². The van der Waals surface area contributed by atoms with Crippen molar-refractivity contribution in [3.63, 3.8) is 0 Å². The van der Waals surface area contributed by atoms with E-state index in [1.807, 2.05) is 47.7 Å². The van der Waals surface area contributed by atoms with Crippen LogP contribution in [0.3, 0.4) is 0 Å². The second-order valence-corrected chi connectivity index (χ2v) is 7.59. The SMILES string of the molecule is CC1(C)C(=O)N(C2COC2)c2cc(-n3cnc(-c4ccncc4)c3)ccc21. The zero-order valence-corrected chi connectivity index (χ0v) is 15.3. The van der Waals surface area contributed by atoms with Gasteiger partial charge in [-0.3, -0.25) is 9.78 Å². The number of amides is 1. The minimum atomic E-state index is -0.513. The Morgan fingerprint density at radius 1 is 1.15 bits per heavy atom. The molecule has 136 valence electrons. The molecule has 5 rings (SSSR count). The minimum Gasteiger partial charge on any atom is -0.377 e. The molecule has 1 fully saturated rings. The normalized spacial score (nSPS) is 18.4. The van der Waals surface area contributed by atoms with Crippen LogP contribution in [0.2, 0.25) is 0 Å². The standard InChI is InChI=1S/C21H20N4O2/c1-21(2)17-4-3-15(9-19(17)25(20(21)26)16-11-27-12-16)24-10-18(23-13-24)14-5-7-22-8-6-14/h3-10,13,16H,11-12H2,1-2H3. The molecule has 6 nitrogen and oxygen atoms in total. The average Bonchev–Trinajstić information content (AvgIpc) is 3.20. The van der Waals surface area contributed by atoms with Crippen LogP contribution in [-0.2, 0) is 14.9 Å². The van der Waals surface area contributed by atoms with Gasteiger partial charge in [-0.25, -0.2) is 4.98 Å². The quantitative estimate of drug-likeness (QED) is 0.720. The molecule has 0 radical (unpaired) electrons. The molecule has 2 aromatic heterocycles. The summed E-state index contributed by atoms with van der Waals surface area (Å²) in [6.07, 6.45) is 7.32. The molecule has 2 aliphatic heterocycles. The van der Waals surface area contributed by atoms with Gasteiger partial charge in [-0.05, 0) is 43.7 Å². The Morgan fingerprint density at radius 2 is 1.93 bits per heavy atom. The Kier molecular flexibility index (Phi) is 3.45. The second kappa shape index (κ2) is 5.76. The summed E-state index contributed by atoms with van der Waals surface area (Å²) in [5.41, 5.74) is 4.43. The van der Waals surface area contributed by atoms with Crippen LogP contribution >= 0.6 is 0 Å². The first-order valence-corrected chi connectivity index (χ1v) is 9.06. The maximum absolute atomic E-state index is 13.0. The van der Waals surface area contributed by atoms with Gasteiger partial charge in [-0.1, -0.05) is 6.07 Å². The van der Waals surface area contributed by atoms with Gasteiger partial charge in [-0.2, -0.15) is 0 Å². The van der Waals surface area contributed by atoms with E-state index in [2.05, 4.69) is 22.1 Å². The number of pyridine rings is 1. The van der Waals surface area contributed by atoms with Crippen LogP contribution in [0.4, 0.5) is 5.69 Å². The number of carbonyl (C=O) groups excluding carboxylic acids is 1. The first-order valence-electron chi connectivity index (χ1n) is 9.06. The largest absolute Gasteiger partial charge is 0.377 e. The number of nitrogens with zero attached hydrogens (tertiary/aromatic N) is 4. The van der Waals surface area contributed by atoms with Crippen LogP contribution < -0.4 is 4.90 Å². The third-order valence-electron chi connectivity index (χ3n) is 5.51. The van der Waals surface area contributed by atoms with Crippen molar-refractivity contribution in [2.75, 3.05) is 18.1 Å². The van der Waals surface area contributed by atoms with E-state index < -0.39 is 5.41 Å². The maximum atomic E-state index is 13.0. The van der Waals surface area contributed by atoms with E-state index in [0.717, 1.165) is 28.2 Å². The third-order valence-corrected chi connectivity index (χ3v) is 5.51. The third kappa shape index (κ3) is 2.40. The molecule has 0 atom stereocenters. The molecule has 0 bridgehead atoms. The molecule has 0 N–H and O–H groups in total. The van der Waals surface area contributed by atoms with Gasteiger partial charge in [0.25, 0.3) is 0 Å². The summed E-state index contributed by atoms with van der Waals surface area (Å²) in [6.45, 7) is 5.18. The number of rotatable bonds is 3. The number of aromatic nitrogens is 3. The molecule has 1 amide bonds. The van der Waals surface area contributed by atoms with E-state index in [0.29, 0.717) is 13.2 Å². The van der Waals surface area contributed by atoms with Crippen molar-refractivity contribution in [3.05, 3.63) is 60.8 Å². The van der Waals surface area contributed by atoms with Gasteiger partial charge in [0.1, 0.15) is 0 Å². The zero-order valence-electron chi connectivity index (χ0n) is 15.3. The molecule has 1 aromatic carbocycles. The molecule has 3 aromatic rings. The average molecular weight is 360 g/mol. The van der Waals surface area contributed by atoms with Crippen LogP contribution in [-0.4, -0.2) is 39.7 Å². The van der Waals surface area contributed by atoms with Gasteiger partial charge in [-0.15, -0.1) is 0 Å². The first-order chi connectivity index (χ1) is 13.1. The molecule has 0 aliphatic carbocycles. The Labute approximate surface area is 157 Å². The fraction of sp³-hybridized carbons (Fsp3) is 0.286. The number of ether oxygens (including phenoxy) is 1. The summed E-state index contributed by atoms with van der Waals surface area (Å²) in [5, 5.41) is 0. The highest BCUT2D eigenvalue weighted by atomic mass is 16.5. The lowest BCUT2D eigenvalue weighted by Crippen LogP contribution is -2.52. The van der Waals surface area contributed by atoms with Gasteiger partial charge in [0, 0.05) is 29.8 Å². The van der Waals surface area contributed by atoms with E-state index >= 15 is 0 Å². The molecular formula is C21H20N4O2. The summed E-state index contributed by atoms with van der Waals surface area (Å²) >= 11 is 0. The topological polar surface area (TPSA) is 60.2 Å². The highest BCUT2D eigenvalue weighted by molar-refractivity contribution is 6.08. The van der Waals surface area contributed by atoms with E-state index in [-0.39, 0.29) is 11.9 Å². The number of hydrogen-bond acceptors (Lipinski definition) is 4. The predicted octanol–water partition coefficient (Wildman–Crippen LogP) is 2.96. The van der Waals surface area contributed by atoms with Crippen molar-refractivity contribution in [1.82, 2.24) is 14.5 Å². The number of fused-ring (bicyclic) bond motifs is 1. The lowest BCUT2D eigenvalue weighted by Gasteiger charge is -2.35. The number of hydrogen-bond donors (Lipinski definition) is 0. The monoisotopic (exact) mass is 360 g/mol. The molecule has 0 saturated carbocycles. The second-order valence-electron chi connectivity index (χ2n) is 7.59. The summed E-state index contributed by atoms with van der Waals surface area (Å²) < 4.78 is 7.32. The number of anilines is 1. The van der Waals surface area contributed by atoms with Crippen molar-refractivity contribution in [3.8, 4) is 16.9 Å². The Balaban J connectivity index is 1.56. The van der Waals surface area contributed by atoms with E-state index in [9.17, 15) is 4.79 Å². The van der Waals surface area contributed by atoms with E-state index in [1.165, 1.54) is 0 Å². The van der Waals surface area contributed by atoms with Crippen molar-refractivity contribution in [1.29, 1.82) is 0 Å². The Morgan fingerprint density at radius 3 is 2.63 bits per heavy atom. The summed E-state index contributed by atoms with van der Waals surface area (Å²) in [4.78, 5) is 23.5. The van der Waals surface area contributed by atoms with Crippen LogP contribution in [0.5, 0.6) is 0 Å². The van der Waals surface area contributed by atoms with Crippen LogP contribution in [0, 0.1) is 0 Å². The Bertz CT molecular complexity index is 1020. The van der Waals surface area contributed by atoms with Crippen molar-refractivity contribution >= 4 is 11.6 Å². The van der Waals surface area contributed by atoms with Crippen molar-refractivity contribution in [2.45, 2.75) is 25.3 Å². The van der Waals surface area contributed by atoms with Gasteiger partial charge in [0.2, 0.25) is 5.91 Å². The molecule has 27 heavy (non-hydrogen) atoms.